The van der Waals surface area contributed by atoms with Gasteiger partial charge in [0, 0.05) is 6.04 Å². The first-order valence-corrected chi connectivity index (χ1v) is 3.55. The van der Waals surface area contributed by atoms with Gasteiger partial charge < -0.3 is 5.32 Å². The lowest BCUT2D eigenvalue weighted by Gasteiger charge is -2.05. The van der Waals surface area contributed by atoms with Crippen LogP contribution in [-0.2, 0) is 4.79 Å². The predicted molar refractivity (Wildman–Crippen MR) is 36.3 cm³/mol. The van der Waals surface area contributed by atoms with Crippen molar-refractivity contribution in [2.75, 3.05) is 0 Å². The van der Waals surface area contributed by atoms with Crippen LogP contribution in [-0.4, -0.2) is 18.1 Å². The summed E-state index contributed by atoms with van der Waals surface area (Å²) in [6.45, 7) is 3.74. The molecular weight excluding hydrogens is 133 g/mol. The molecule has 0 bridgehead atoms. The highest BCUT2D eigenvalue weighted by Gasteiger charge is 2.43. The maximum Gasteiger partial charge on any atom is 0.226 e. The zero-order valence-corrected chi connectivity index (χ0v) is 6.23. The Balaban J connectivity index is 2.23. The van der Waals surface area contributed by atoms with Crippen molar-refractivity contribution in [3.63, 3.8) is 0 Å². The van der Waals surface area contributed by atoms with Crippen LogP contribution in [0.15, 0.2) is 0 Å². The Kier molecular flexibility index (Phi) is 1.92. The van der Waals surface area contributed by atoms with Gasteiger partial charge in [0.2, 0.25) is 5.91 Å². The van der Waals surface area contributed by atoms with Gasteiger partial charge in [-0.25, -0.2) is 4.39 Å². The molecule has 0 aliphatic heterocycles. The van der Waals surface area contributed by atoms with Crippen LogP contribution < -0.4 is 5.32 Å². The molecule has 0 unspecified atom stereocenters. The van der Waals surface area contributed by atoms with Crippen LogP contribution in [0.2, 0.25) is 0 Å². The number of rotatable bonds is 2. The van der Waals surface area contributed by atoms with Gasteiger partial charge in [-0.3, -0.25) is 4.79 Å². The third-order valence-corrected chi connectivity index (χ3v) is 1.48. The molecular formula is C7H12FNO. The van der Waals surface area contributed by atoms with Crippen LogP contribution >= 0.6 is 0 Å². The fourth-order valence-corrected chi connectivity index (χ4v) is 0.827. The summed E-state index contributed by atoms with van der Waals surface area (Å²) in [6, 6.07) is 0.125. The van der Waals surface area contributed by atoms with Crippen molar-refractivity contribution >= 4 is 5.91 Å². The molecule has 0 aromatic heterocycles. The quantitative estimate of drug-likeness (QED) is 0.613. The summed E-state index contributed by atoms with van der Waals surface area (Å²) >= 11 is 0. The Morgan fingerprint density at radius 2 is 2.20 bits per heavy atom. The number of carbonyl (C=O) groups is 1. The average molecular weight is 145 g/mol. The first kappa shape index (κ1) is 7.51. The second-order valence-corrected chi connectivity index (χ2v) is 3.02. The molecule has 0 aromatic rings. The third kappa shape index (κ3) is 1.69. The van der Waals surface area contributed by atoms with Crippen molar-refractivity contribution in [2.45, 2.75) is 32.5 Å². The Labute approximate surface area is 59.8 Å². The van der Waals surface area contributed by atoms with Gasteiger partial charge in [-0.2, -0.15) is 0 Å². The van der Waals surface area contributed by atoms with E-state index in [9.17, 15) is 9.18 Å². The molecule has 1 aliphatic carbocycles. The molecule has 1 rings (SSSR count). The highest BCUT2D eigenvalue weighted by Crippen LogP contribution is 2.33. The number of hydrogen-bond donors (Lipinski definition) is 1. The van der Waals surface area contributed by atoms with Crippen molar-refractivity contribution in [3.05, 3.63) is 0 Å². The van der Waals surface area contributed by atoms with Crippen molar-refractivity contribution in [3.8, 4) is 0 Å². The number of amides is 1. The molecule has 0 heterocycles. The molecule has 1 amide bonds. The first-order chi connectivity index (χ1) is 4.61. The second-order valence-electron chi connectivity index (χ2n) is 3.02. The minimum absolute atomic E-state index is 0.125. The Hall–Kier alpha value is -0.600. The van der Waals surface area contributed by atoms with E-state index in [1.807, 2.05) is 13.8 Å². The van der Waals surface area contributed by atoms with E-state index in [0.29, 0.717) is 6.42 Å². The summed E-state index contributed by atoms with van der Waals surface area (Å²) in [5.74, 6) is -0.482. The Morgan fingerprint density at radius 1 is 1.70 bits per heavy atom. The highest BCUT2D eigenvalue weighted by molar-refractivity contribution is 5.82. The Morgan fingerprint density at radius 3 is 2.50 bits per heavy atom. The van der Waals surface area contributed by atoms with E-state index in [2.05, 4.69) is 5.32 Å². The predicted octanol–water partition coefficient (Wildman–Crippen LogP) is 0.869. The Bertz CT molecular complexity index is 147. The van der Waals surface area contributed by atoms with Crippen LogP contribution in [0.3, 0.4) is 0 Å². The van der Waals surface area contributed by atoms with Gasteiger partial charge in [-0.05, 0) is 20.3 Å². The second kappa shape index (κ2) is 2.56. The van der Waals surface area contributed by atoms with Gasteiger partial charge in [0.15, 0.2) is 0 Å². The minimum Gasteiger partial charge on any atom is -0.354 e. The summed E-state index contributed by atoms with van der Waals surface area (Å²) in [4.78, 5) is 10.9. The fourth-order valence-electron chi connectivity index (χ4n) is 0.827. The molecule has 2 atom stereocenters. The monoisotopic (exact) mass is 145 g/mol. The van der Waals surface area contributed by atoms with Gasteiger partial charge >= 0.3 is 0 Å². The molecule has 1 fully saturated rings. The summed E-state index contributed by atoms with van der Waals surface area (Å²) in [5.41, 5.74) is 0. The zero-order chi connectivity index (χ0) is 7.72. The molecule has 1 saturated carbocycles. The number of carbonyl (C=O) groups excluding carboxylic acids is 1. The normalized spacial score (nSPS) is 30.4. The van der Waals surface area contributed by atoms with E-state index in [-0.39, 0.29) is 17.9 Å². The lowest BCUT2D eigenvalue weighted by molar-refractivity contribution is -0.123. The molecule has 3 heteroatoms. The number of halogens is 1. The van der Waals surface area contributed by atoms with Crippen LogP contribution in [0.5, 0.6) is 0 Å². The number of alkyl halides is 1. The molecule has 0 aromatic carbocycles. The van der Waals surface area contributed by atoms with Crippen molar-refractivity contribution < 1.29 is 9.18 Å². The van der Waals surface area contributed by atoms with E-state index in [0.717, 1.165) is 0 Å². The minimum atomic E-state index is -0.876. The number of nitrogens with one attached hydrogen (secondary N) is 1. The van der Waals surface area contributed by atoms with Crippen molar-refractivity contribution in [1.82, 2.24) is 5.32 Å². The first-order valence-electron chi connectivity index (χ1n) is 3.55. The largest absolute Gasteiger partial charge is 0.354 e. The molecule has 1 aliphatic rings. The van der Waals surface area contributed by atoms with E-state index in [1.54, 1.807) is 0 Å². The lowest BCUT2D eigenvalue weighted by atomic mass is 10.3. The van der Waals surface area contributed by atoms with E-state index >= 15 is 0 Å². The molecule has 0 spiro atoms. The maximum atomic E-state index is 12.2. The van der Waals surface area contributed by atoms with Crippen LogP contribution in [0, 0.1) is 5.92 Å². The molecule has 58 valence electrons. The van der Waals surface area contributed by atoms with Crippen LogP contribution in [0.4, 0.5) is 4.39 Å². The van der Waals surface area contributed by atoms with E-state index < -0.39 is 6.17 Å². The summed E-state index contributed by atoms with van der Waals surface area (Å²) < 4.78 is 12.2. The van der Waals surface area contributed by atoms with Crippen molar-refractivity contribution in [1.29, 1.82) is 0 Å². The average Bonchev–Trinajstić information content (AvgIpc) is 2.44. The van der Waals surface area contributed by atoms with Crippen molar-refractivity contribution in [2.24, 2.45) is 5.92 Å². The molecule has 2 nitrogen and oxygen atoms in total. The molecule has 0 radical (unpaired) electrons. The molecule has 1 N–H and O–H groups in total. The molecule has 10 heavy (non-hydrogen) atoms. The summed E-state index contributed by atoms with van der Waals surface area (Å²) in [5, 5.41) is 2.66. The molecule has 0 saturated heterocycles. The van der Waals surface area contributed by atoms with E-state index in [1.165, 1.54) is 0 Å². The lowest BCUT2D eigenvalue weighted by Crippen LogP contribution is -2.31. The zero-order valence-electron chi connectivity index (χ0n) is 6.23. The number of hydrogen-bond acceptors (Lipinski definition) is 1. The third-order valence-electron chi connectivity index (χ3n) is 1.48. The van der Waals surface area contributed by atoms with Gasteiger partial charge in [0.05, 0.1) is 5.92 Å². The summed E-state index contributed by atoms with van der Waals surface area (Å²) in [6.07, 6.45) is -0.461. The standard InChI is InChI=1S/C7H12FNO/c1-4(2)9-7(10)5-3-6(5)8/h4-6H,3H2,1-2H3,(H,9,10)/t5-,6-/m0/s1. The van der Waals surface area contributed by atoms with Gasteiger partial charge in [-0.15, -0.1) is 0 Å². The van der Waals surface area contributed by atoms with Gasteiger partial charge in [0.1, 0.15) is 6.17 Å². The fraction of sp³-hybridized carbons (Fsp3) is 0.857. The van der Waals surface area contributed by atoms with Crippen LogP contribution in [0.1, 0.15) is 20.3 Å². The highest BCUT2D eigenvalue weighted by atomic mass is 19.1. The topological polar surface area (TPSA) is 29.1 Å². The van der Waals surface area contributed by atoms with Gasteiger partial charge in [0.25, 0.3) is 0 Å². The SMILES string of the molecule is CC(C)NC(=O)[C@H]1C[C@@H]1F. The smallest absolute Gasteiger partial charge is 0.226 e. The maximum absolute atomic E-state index is 12.2. The van der Waals surface area contributed by atoms with Crippen LogP contribution in [0.25, 0.3) is 0 Å². The van der Waals surface area contributed by atoms with Gasteiger partial charge in [-0.1, -0.05) is 0 Å². The summed E-state index contributed by atoms with van der Waals surface area (Å²) in [7, 11) is 0. The van der Waals surface area contributed by atoms with E-state index in [4.69, 9.17) is 0 Å².